The van der Waals surface area contributed by atoms with Gasteiger partial charge in [-0.15, -0.1) is 17.0 Å². The third kappa shape index (κ3) is 7.56. The number of carbonyl (C=O) groups excluding carboxylic acids is 1. The summed E-state index contributed by atoms with van der Waals surface area (Å²) in [7, 11) is 0. The Hall–Kier alpha value is -0.130. The molecule has 0 radical (unpaired) electrons. The van der Waals surface area contributed by atoms with Crippen LogP contribution in [0.3, 0.4) is 0 Å². The highest BCUT2D eigenvalue weighted by Crippen LogP contribution is 2.41. The summed E-state index contributed by atoms with van der Waals surface area (Å²) in [5.74, 6) is -0.0324. The van der Waals surface area contributed by atoms with Crippen LogP contribution in [0.25, 0.3) is 0 Å². The maximum Gasteiger partial charge on any atom is 0.102 e. The summed E-state index contributed by atoms with van der Waals surface area (Å²) in [6, 6.07) is 0. The number of halogens is 1. The molecule has 2 saturated carbocycles. The molecule has 0 unspecified atom stereocenters. The number of likely N-dealkylation sites (N-methyl/N-ethyl adjacent to an activating group) is 1. The summed E-state index contributed by atoms with van der Waals surface area (Å²) < 4.78 is 1.05. The van der Waals surface area contributed by atoms with Crippen molar-refractivity contribution in [3.8, 4) is 0 Å². The van der Waals surface area contributed by atoms with Crippen LogP contribution in [0.15, 0.2) is 0 Å². The fourth-order valence-electron chi connectivity index (χ4n) is 4.76. The van der Waals surface area contributed by atoms with Gasteiger partial charge in [0, 0.05) is 11.9 Å². The quantitative estimate of drug-likeness (QED) is 0.612. The zero-order valence-electron chi connectivity index (χ0n) is 16.5. The monoisotopic (exact) mass is 421 g/mol. The number of aliphatic hydroxyl groups excluding tert-OH is 1. The minimum Gasteiger partial charge on any atom is -0.550 e. The molecule has 2 fully saturated rings. The van der Waals surface area contributed by atoms with E-state index < -0.39 is 5.97 Å². The average Bonchev–Trinajstić information content (AvgIpc) is 3.28. The lowest BCUT2D eigenvalue weighted by Gasteiger charge is -2.34. The lowest BCUT2D eigenvalue weighted by Crippen LogP contribution is -2.49. The van der Waals surface area contributed by atoms with Gasteiger partial charge >= 0.3 is 0 Å². The Morgan fingerprint density at radius 2 is 1.32 bits per heavy atom. The molecule has 0 aromatic rings. The van der Waals surface area contributed by atoms with Gasteiger partial charge in [0.25, 0.3) is 0 Å². The van der Waals surface area contributed by atoms with Crippen LogP contribution in [-0.4, -0.2) is 48.3 Å². The fourth-order valence-corrected chi connectivity index (χ4v) is 4.76. The van der Waals surface area contributed by atoms with E-state index in [1.807, 2.05) is 0 Å². The standard InChI is InChI=1S/C12H20O2.C8H20NO.BrH/c13-12(14)11(9-5-1-2-6-9)10-7-3-4-8-10;1-4-9(5-2,6-3)7-8-10;/h9-11H,1-8H2,(H,13,14);10H,4-8H2,1-3H3;1H/q;+1;/p-1. The summed E-state index contributed by atoms with van der Waals surface area (Å²) in [5.41, 5.74) is 0. The number of quaternary nitrogens is 1. The van der Waals surface area contributed by atoms with Crippen molar-refractivity contribution in [2.45, 2.75) is 72.1 Å². The zero-order chi connectivity index (χ0) is 18.0. The van der Waals surface area contributed by atoms with E-state index in [-0.39, 0.29) is 22.9 Å². The van der Waals surface area contributed by atoms with Crippen LogP contribution in [0.1, 0.15) is 72.1 Å². The number of nitrogens with zero attached hydrogens (tertiary/aromatic N) is 1. The van der Waals surface area contributed by atoms with Gasteiger partial charge < -0.3 is 19.5 Å². The Balaban J connectivity index is 0.000000471. The highest BCUT2D eigenvalue weighted by molar-refractivity contribution is 8.93. The number of rotatable bonds is 8. The van der Waals surface area contributed by atoms with Crippen molar-refractivity contribution in [1.82, 2.24) is 0 Å². The molecule has 0 bridgehead atoms. The first kappa shape index (κ1) is 24.9. The van der Waals surface area contributed by atoms with Gasteiger partial charge in [-0.2, -0.15) is 0 Å². The number of carboxylic acids is 1. The maximum atomic E-state index is 11.2. The van der Waals surface area contributed by atoms with E-state index in [2.05, 4.69) is 20.8 Å². The van der Waals surface area contributed by atoms with Gasteiger partial charge in [-0.1, -0.05) is 25.7 Å². The topological polar surface area (TPSA) is 60.4 Å². The first-order chi connectivity index (χ1) is 11.5. The number of carbonyl (C=O) groups is 1. The molecule has 0 atom stereocenters. The van der Waals surface area contributed by atoms with Crippen molar-refractivity contribution in [1.29, 1.82) is 0 Å². The van der Waals surface area contributed by atoms with Crippen molar-refractivity contribution >= 4 is 23.0 Å². The van der Waals surface area contributed by atoms with Gasteiger partial charge in [-0.05, 0) is 58.3 Å². The van der Waals surface area contributed by atoms with E-state index in [1.54, 1.807) is 0 Å². The smallest absolute Gasteiger partial charge is 0.102 e. The van der Waals surface area contributed by atoms with E-state index in [9.17, 15) is 9.90 Å². The molecule has 150 valence electrons. The molecule has 0 amide bonds. The van der Waals surface area contributed by atoms with E-state index >= 15 is 0 Å². The first-order valence-electron chi connectivity index (χ1n) is 10.2. The minimum absolute atomic E-state index is 0. The molecule has 1 N–H and O–H groups in total. The summed E-state index contributed by atoms with van der Waals surface area (Å²) in [6.45, 7) is 11.2. The predicted molar refractivity (Wildman–Crippen MR) is 107 cm³/mol. The Kier molecular flexibility index (Phi) is 13.0. The van der Waals surface area contributed by atoms with Crippen molar-refractivity contribution in [3.63, 3.8) is 0 Å². The van der Waals surface area contributed by atoms with Crippen LogP contribution in [0, 0.1) is 17.8 Å². The number of hydrogen-bond acceptors (Lipinski definition) is 3. The van der Waals surface area contributed by atoms with Gasteiger partial charge in [0.2, 0.25) is 0 Å². The molecule has 25 heavy (non-hydrogen) atoms. The second-order valence-corrected chi connectivity index (χ2v) is 7.67. The molecule has 0 heterocycles. The van der Waals surface area contributed by atoms with Crippen LogP contribution in [0.2, 0.25) is 0 Å². The lowest BCUT2D eigenvalue weighted by atomic mass is 9.79. The molecular weight excluding hydrogens is 382 g/mol. The number of hydrogen-bond donors (Lipinski definition) is 1. The van der Waals surface area contributed by atoms with Crippen LogP contribution in [0.4, 0.5) is 0 Å². The summed E-state index contributed by atoms with van der Waals surface area (Å²) in [4.78, 5) is 11.2. The Bertz CT molecular complexity index is 325. The van der Waals surface area contributed by atoms with E-state index in [4.69, 9.17) is 5.11 Å². The molecule has 0 spiro atoms. The number of carboxylic acid groups (broad SMARTS) is 1. The fraction of sp³-hybridized carbons (Fsp3) is 0.950. The van der Waals surface area contributed by atoms with Crippen molar-refractivity contribution in [2.24, 2.45) is 17.8 Å². The zero-order valence-corrected chi connectivity index (χ0v) is 18.3. The van der Waals surface area contributed by atoms with E-state index in [0.717, 1.165) is 56.3 Å². The molecule has 0 aromatic carbocycles. The van der Waals surface area contributed by atoms with Crippen LogP contribution >= 0.6 is 17.0 Å². The molecule has 2 rings (SSSR count). The Labute approximate surface area is 165 Å². The SMILES string of the molecule is Br.CC[N+](CC)(CC)CCO.O=C([O-])C(C1CCCC1)C1CCCC1. The molecule has 4 nitrogen and oxygen atoms in total. The highest BCUT2D eigenvalue weighted by Gasteiger charge is 2.33. The predicted octanol–water partition coefficient (Wildman–Crippen LogP) is 3.17. The molecule has 0 saturated heterocycles. The highest BCUT2D eigenvalue weighted by atomic mass is 79.9. The maximum absolute atomic E-state index is 11.2. The summed E-state index contributed by atoms with van der Waals surface area (Å²) in [5, 5.41) is 19.9. The van der Waals surface area contributed by atoms with Crippen molar-refractivity contribution in [3.05, 3.63) is 0 Å². The number of aliphatic hydroxyl groups is 1. The molecule has 5 heteroatoms. The van der Waals surface area contributed by atoms with Gasteiger partial charge in [-0.3, -0.25) is 0 Å². The molecule has 0 aliphatic heterocycles. The molecular formula is C20H40BrNO3. The van der Waals surface area contributed by atoms with Gasteiger partial charge in [0.05, 0.1) is 26.2 Å². The lowest BCUT2D eigenvalue weighted by molar-refractivity contribution is -0.923. The van der Waals surface area contributed by atoms with Gasteiger partial charge in [-0.25, -0.2) is 0 Å². The third-order valence-corrected chi connectivity index (χ3v) is 6.67. The van der Waals surface area contributed by atoms with E-state index in [1.165, 1.54) is 25.7 Å². The largest absolute Gasteiger partial charge is 0.550 e. The molecule has 2 aliphatic carbocycles. The molecule has 0 aromatic heterocycles. The molecule has 2 aliphatic rings. The second kappa shape index (κ2) is 13.1. The summed E-state index contributed by atoms with van der Waals surface area (Å²) >= 11 is 0. The van der Waals surface area contributed by atoms with Crippen LogP contribution in [0.5, 0.6) is 0 Å². The first-order valence-corrected chi connectivity index (χ1v) is 10.2. The summed E-state index contributed by atoms with van der Waals surface area (Å²) in [6.07, 6.45) is 9.37. The second-order valence-electron chi connectivity index (χ2n) is 7.67. The third-order valence-electron chi connectivity index (χ3n) is 6.67. The van der Waals surface area contributed by atoms with Crippen molar-refractivity contribution in [2.75, 3.05) is 32.8 Å². The Morgan fingerprint density at radius 3 is 1.52 bits per heavy atom. The van der Waals surface area contributed by atoms with Gasteiger partial charge in [0.15, 0.2) is 0 Å². The Morgan fingerprint density at radius 1 is 0.960 bits per heavy atom. The van der Waals surface area contributed by atoms with Gasteiger partial charge in [0.1, 0.15) is 6.54 Å². The average molecular weight is 422 g/mol. The minimum atomic E-state index is -0.774. The number of aliphatic carboxylic acids is 1. The van der Waals surface area contributed by atoms with E-state index in [0.29, 0.717) is 18.4 Å². The normalized spacial score (nSPS) is 18.8. The van der Waals surface area contributed by atoms with Crippen LogP contribution < -0.4 is 5.11 Å². The van der Waals surface area contributed by atoms with Crippen molar-refractivity contribution < 1.29 is 19.5 Å². The van der Waals surface area contributed by atoms with Crippen LogP contribution in [-0.2, 0) is 4.79 Å².